The van der Waals surface area contributed by atoms with E-state index in [1.807, 2.05) is 0 Å². The smallest absolute Gasteiger partial charge is 0.198 e. The third-order valence-corrected chi connectivity index (χ3v) is 3.34. The van der Waals surface area contributed by atoms with Gasteiger partial charge in [0.15, 0.2) is 17.4 Å². The molecule has 0 saturated carbocycles. The van der Waals surface area contributed by atoms with Gasteiger partial charge in [-0.25, -0.2) is 13.2 Å². The summed E-state index contributed by atoms with van der Waals surface area (Å²) >= 11 is 8.61. The van der Waals surface area contributed by atoms with Gasteiger partial charge in [-0.3, -0.25) is 0 Å². The lowest BCUT2D eigenvalue weighted by Gasteiger charge is -2.11. The van der Waals surface area contributed by atoms with Crippen LogP contribution in [0.5, 0.6) is 11.5 Å². The molecular weight excluding hydrogens is 360 g/mol. The summed E-state index contributed by atoms with van der Waals surface area (Å²) in [5.74, 6) is -3.60. The van der Waals surface area contributed by atoms with E-state index < -0.39 is 29.8 Å². The maximum atomic E-state index is 13.7. The van der Waals surface area contributed by atoms with Crippen LogP contribution in [0.25, 0.3) is 0 Å². The summed E-state index contributed by atoms with van der Waals surface area (Å²) in [5.41, 5.74) is 0.0636. The number of rotatable bonds is 3. The van der Waals surface area contributed by atoms with Crippen molar-refractivity contribution >= 4 is 27.5 Å². The van der Waals surface area contributed by atoms with Crippen LogP contribution >= 0.6 is 27.5 Å². The molecule has 0 bridgehead atoms. The molecule has 2 aromatic rings. The lowest BCUT2D eigenvalue weighted by atomic mass is 10.2. The van der Waals surface area contributed by atoms with Gasteiger partial charge in [0.2, 0.25) is 0 Å². The molecule has 0 unspecified atom stereocenters. The predicted octanol–water partition coefficient (Wildman–Crippen LogP) is 4.80. The van der Waals surface area contributed by atoms with Crippen molar-refractivity contribution in [1.82, 2.24) is 0 Å². The second-order valence-electron chi connectivity index (χ2n) is 3.85. The number of hydrogen-bond acceptors (Lipinski definition) is 2. The Bertz CT molecular complexity index is 641. The predicted molar refractivity (Wildman–Crippen MR) is 71.5 cm³/mol. The van der Waals surface area contributed by atoms with Crippen LogP contribution in [0.4, 0.5) is 13.2 Å². The summed E-state index contributed by atoms with van der Waals surface area (Å²) in [6.07, 6.45) is 0. The van der Waals surface area contributed by atoms with Crippen LogP contribution in [-0.2, 0) is 6.61 Å². The van der Waals surface area contributed by atoms with Crippen molar-refractivity contribution in [1.29, 1.82) is 0 Å². The van der Waals surface area contributed by atoms with Crippen LogP contribution in [0.1, 0.15) is 5.56 Å². The minimum Gasteiger partial charge on any atom is -0.450 e. The Morgan fingerprint density at radius 1 is 1.05 bits per heavy atom. The Labute approximate surface area is 125 Å². The number of aliphatic hydroxyl groups excluding tert-OH is 1. The van der Waals surface area contributed by atoms with Gasteiger partial charge in [0.1, 0.15) is 11.6 Å². The quantitative estimate of drug-likeness (QED) is 0.789. The molecule has 0 fully saturated rings. The molecule has 0 radical (unpaired) electrons. The molecule has 0 aliphatic heterocycles. The molecule has 106 valence electrons. The molecule has 0 heterocycles. The highest BCUT2D eigenvalue weighted by molar-refractivity contribution is 9.10. The Morgan fingerprint density at radius 3 is 2.20 bits per heavy atom. The minimum atomic E-state index is -1.00. The van der Waals surface area contributed by atoms with Gasteiger partial charge in [-0.1, -0.05) is 11.6 Å². The number of hydrogen-bond donors (Lipinski definition) is 1. The fourth-order valence-electron chi connectivity index (χ4n) is 1.49. The van der Waals surface area contributed by atoms with Crippen molar-refractivity contribution in [3.8, 4) is 11.5 Å². The van der Waals surface area contributed by atoms with E-state index in [-0.39, 0.29) is 20.8 Å². The van der Waals surface area contributed by atoms with Crippen molar-refractivity contribution in [2.45, 2.75) is 6.61 Å². The summed E-state index contributed by atoms with van der Waals surface area (Å²) in [5, 5.41) is 8.68. The van der Waals surface area contributed by atoms with E-state index in [1.165, 1.54) is 6.07 Å². The molecule has 0 aliphatic rings. The highest BCUT2D eigenvalue weighted by atomic mass is 79.9. The average Bonchev–Trinajstić information content (AvgIpc) is 2.39. The SMILES string of the molecule is OCc1cc(F)c(Oc2cc(F)c(Cl)cc2Br)c(F)c1. The molecule has 0 atom stereocenters. The molecule has 0 aliphatic carbocycles. The van der Waals surface area contributed by atoms with Crippen LogP contribution < -0.4 is 4.74 Å². The third kappa shape index (κ3) is 3.08. The molecular formula is C13H7BrClF3O2. The lowest BCUT2D eigenvalue weighted by Crippen LogP contribution is -1.97. The highest BCUT2D eigenvalue weighted by Crippen LogP contribution is 2.36. The van der Waals surface area contributed by atoms with E-state index in [0.717, 1.165) is 18.2 Å². The van der Waals surface area contributed by atoms with Gasteiger partial charge < -0.3 is 9.84 Å². The number of aliphatic hydroxyl groups is 1. The molecule has 0 amide bonds. The van der Waals surface area contributed by atoms with Gasteiger partial charge in [0, 0.05) is 6.07 Å². The summed E-state index contributed by atoms with van der Waals surface area (Å²) < 4.78 is 46.0. The third-order valence-electron chi connectivity index (χ3n) is 2.43. The first-order valence-corrected chi connectivity index (χ1v) is 6.50. The van der Waals surface area contributed by atoms with Crippen LogP contribution in [0.15, 0.2) is 28.7 Å². The Hall–Kier alpha value is -1.24. The average molecular weight is 368 g/mol. The minimum absolute atomic E-state index is 0.0636. The largest absolute Gasteiger partial charge is 0.450 e. The topological polar surface area (TPSA) is 29.5 Å². The summed E-state index contributed by atoms with van der Waals surface area (Å²) in [7, 11) is 0. The van der Waals surface area contributed by atoms with Gasteiger partial charge in [0.05, 0.1) is 16.1 Å². The van der Waals surface area contributed by atoms with Crippen LogP contribution in [-0.4, -0.2) is 5.11 Å². The van der Waals surface area contributed by atoms with Crippen molar-refractivity contribution in [3.05, 3.63) is 56.8 Å². The molecule has 2 aromatic carbocycles. The molecule has 20 heavy (non-hydrogen) atoms. The van der Waals surface area contributed by atoms with E-state index in [2.05, 4.69) is 15.9 Å². The molecule has 0 spiro atoms. The van der Waals surface area contributed by atoms with E-state index in [4.69, 9.17) is 21.4 Å². The maximum absolute atomic E-state index is 13.7. The normalized spacial score (nSPS) is 10.7. The van der Waals surface area contributed by atoms with Crippen molar-refractivity contribution in [3.63, 3.8) is 0 Å². The van der Waals surface area contributed by atoms with Crippen molar-refractivity contribution < 1.29 is 23.0 Å². The standard InChI is InChI=1S/C13H7BrClF3O2/c14-7-3-8(15)9(16)4-12(7)20-13-10(17)1-6(5-19)2-11(13)18/h1-4,19H,5H2. The number of halogens is 5. The lowest BCUT2D eigenvalue weighted by molar-refractivity contribution is 0.279. The van der Waals surface area contributed by atoms with Crippen molar-refractivity contribution in [2.24, 2.45) is 0 Å². The van der Waals surface area contributed by atoms with Crippen LogP contribution in [0.3, 0.4) is 0 Å². The first kappa shape index (κ1) is 15.2. The number of benzene rings is 2. The number of ether oxygens (including phenoxy) is 1. The molecule has 1 N–H and O–H groups in total. The molecule has 2 rings (SSSR count). The monoisotopic (exact) mass is 366 g/mol. The molecule has 0 aromatic heterocycles. The van der Waals surface area contributed by atoms with E-state index in [9.17, 15) is 13.2 Å². The van der Waals surface area contributed by atoms with E-state index >= 15 is 0 Å². The molecule has 2 nitrogen and oxygen atoms in total. The van der Waals surface area contributed by atoms with Crippen LogP contribution in [0, 0.1) is 17.5 Å². The van der Waals surface area contributed by atoms with E-state index in [1.54, 1.807) is 0 Å². The van der Waals surface area contributed by atoms with Gasteiger partial charge in [0.25, 0.3) is 0 Å². The second-order valence-corrected chi connectivity index (χ2v) is 5.11. The second kappa shape index (κ2) is 6.03. The Morgan fingerprint density at radius 2 is 1.65 bits per heavy atom. The summed E-state index contributed by atoms with van der Waals surface area (Å²) in [6, 6.07) is 3.98. The zero-order valence-corrected chi connectivity index (χ0v) is 12.1. The van der Waals surface area contributed by atoms with Gasteiger partial charge in [-0.05, 0) is 39.7 Å². The molecule has 0 saturated heterocycles. The summed E-state index contributed by atoms with van der Waals surface area (Å²) in [4.78, 5) is 0. The Balaban J connectivity index is 2.42. The fourth-order valence-corrected chi connectivity index (χ4v) is 2.21. The van der Waals surface area contributed by atoms with Crippen molar-refractivity contribution in [2.75, 3.05) is 0 Å². The summed E-state index contributed by atoms with van der Waals surface area (Å²) in [6.45, 7) is -0.507. The maximum Gasteiger partial charge on any atom is 0.198 e. The first-order valence-electron chi connectivity index (χ1n) is 5.33. The van der Waals surface area contributed by atoms with Gasteiger partial charge in [-0.2, -0.15) is 0 Å². The van der Waals surface area contributed by atoms with Gasteiger partial charge >= 0.3 is 0 Å². The first-order chi connectivity index (χ1) is 9.42. The molecule has 7 heteroatoms. The van der Waals surface area contributed by atoms with Gasteiger partial charge in [-0.15, -0.1) is 0 Å². The van der Waals surface area contributed by atoms with E-state index in [0.29, 0.717) is 0 Å². The fraction of sp³-hybridized carbons (Fsp3) is 0.0769. The highest BCUT2D eigenvalue weighted by Gasteiger charge is 2.16. The van der Waals surface area contributed by atoms with Crippen LogP contribution in [0.2, 0.25) is 5.02 Å². The zero-order valence-electron chi connectivity index (χ0n) is 9.76. The zero-order chi connectivity index (χ0) is 14.9. The Kier molecular flexibility index (Phi) is 4.57.